The van der Waals surface area contributed by atoms with Crippen molar-refractivity contribution in [1.82, 2.24) is 9.21 Å². The van der Waals surface area contributed by atoms with E-state index in [4.69, 9.17) is 4.74 Å². The van der Waals surface area contributed by atoms with Crippen LogP contribution in [0.1, 0.15) is 61.8 Å². The van der Waals surface area contributed by atoms with Gasteiger partial charge in [0.2, 0.25) is 10.0 Å². The Labute approximate surface area is 218 Å². The lowest BCUT2D eigenvalue weighted by Crippen LogP contribution is -2.35. The van der Waals surface area contributed by atoms with Crippen LogP contribution in [-0.2, 0) is 24.3 Å². The number of benzene rings is 2. The molecule has 0 aromatic heterocycles. The number of piperidine rings is 1. The minimum atomic E-state index is -3.63. The first-order chi connectivity index (χ1) is 17.7. The first-order valence-corrected chi connectivity index (χ1v) is 14.1. The van der Waals surface area contributed by atoms with E-state index >= 15 is 0 Å². The third-order valence-corrected chi connectivity index (χ3v) is 8.99. The van der Waals surface area contributed by atoms with E-state index in [-0.39, 0.29) is 34.9 Å². The lowest BCUT2D eigenvalue weighted by molar-refractivity contribution is -0.140. The molecule has 2 aliphatic rings. The van der Waals surface area contributed by atoms with Gasteiger partial charge in [0.05, 0.1) is 23.1 Å². The maximum Gasteiger partial charge on any atom is 0.295 e. The van der Waals surface area contributed by atoms with Gasteiger partial charge in [-0.1, -0.05) is 44.5 Å². The van der Waals surface area contributed by atoms with E-state index in [9.17, 15) is 23.1 Å². The number of rotatable bonds is 8. The largest absolute Gasteiger partial charge is 0.507 e. The first-order valence-electron chi connectivity index (χ1n) is 12.6. The van der Waals surface area contributed by atoms with Gasteiger partial charge in [0.1, 0.15) is 5.76 Å². The highest BCUT2D eigenvalue weighted by molar-refractivity contribution is 7.89. The molecule has 8 nitrogen and oxygen atoms in total. The molecule has 2 aromatic carbocycles. The van der Waals surface area contributed by atoms with E-state index in [0.717, 1.165) is 24.8 Å². The number of likely N-dealkylation sites (tertiary alicyclic amines) is 1. The van der Waals surface area contributed by atoms with Gasteiger partial charge in [0.25, 0.3) is 11.7 Å². The van der Waals surface area contributed by atoms with Crippen LogP contribution in [0.2, 0.25) is 0 Å². The van der Waals surface area contributed by atoms with Gasteiger partial charge in [-0.3, -0.25) is 9.59 Å². The van der Waals surface area contributed by atoms with Crippen LogP contribution in [0.4, 0.5) is 0 Å². The number of carbonyl (C=O) groups is 2. The summed E-state index contributed by atoms with van der Waals surface area (Å²) in [7, 11) is -2.12. The molecule has 198 valence electrons. The van der Waals surface area contributed by atoms with Crippen molar-refractivity contribution in [3.63, 3.8) is 0 Å². The average Bonchev–Trinajstić information content (AvgIpc) is 3.17. The normalized spacial score (nSPS) is 20.6. The zero-order valence-corrected chi connectivity index (χ0v) is 22.3. The van der Waals surface area contributed by atoms with Crippen LogP contribution in [-0.4, -0.2) is 67.8 Å². The van der Waals surface area contributed by atoms with Crippen molar-refractivity contribution in [2.45, 2.75) is 50.0 Å². The molecular weight excluding hydrogens is 492 g/mol. The summed E-state index contributed by atoms with van der Waals surface area (Å²) in [6.07, 6.45) is 2.68. The molecule has 2 heterocycles. The molecule has 1 N–H and O–H groups in total. The number of ketones is 1. The molecule has 0 spiro atoms. The van der Waals surface area contributed by atoms with Crippen molar-refractivity contribution in [2.24, 2.45) is 0 Å². The van der Waals surface area contributed by atoms with Crippen molar-refractivity contribution < 1.29 is 27.9 Å². The maximum atomic E-state index is 13.1. The fraction of sp³-hybridized carbons (Fsp3) is 0.429. The minimum Gasteiger partial charge on any atom is -0.507 e. The Kier molecular flexibility index (Phi) is 8.16. The van der Waals surface area contributed by atoms with Crippen LogP contribution in [0.25, 0.3) is 5.76 Å². The van der Waals surface area contributed by atoms with Gasteiger partial charge in [-0.2, -0.15) is 4.31 Å². The van der Waals surface area contributed by atoms with E-state index in [1.165, 1.54) is 40.6 Å². The van der Waals surface area contributed by atoms with E-state index in [1.807, 2.05) is 24.3 Å². The van der Waals surface area contributed by atoms with E-state index in [2.05, 4.69) is 13.8 Å². The predicted octanol–water partition coefficient (Wildman–Crippen LogP) is 4.05. The molecule has 2 saturated heterocycles. The summed E-state index contributed by atoms with van der Waals surface area (Å²) in [4.78, 5) is 27.6. The Morgan fingerprint density at radius 3 is 2.19 bits per heavy atom. The number of aliphatic hydroxyl groups is 1. The zero-order valence-electron chi connectivity index (χ0n) is 21.5. The molecule has 0 bridgehead atoms. The van der Waals surface area contributed by atoms with Gasteiger partial charge in [-0.15, -0.1) is 0 Å². The second-order valence-corrected chi connectivity index (χ2v) is 11.7. The van der Waals surface area contributed by atoms with Crippen LogP contribution in [0.5, 0.6) is 0 Å². The maximum absolute atomic E-state index is 13.1. The summed E-state index contributed by atoms with van der Waals surface area (Å²) in [5, 5.41) is 11.3. The van der Waals surface area contributed by atoms with E-state index < -0.39 is 27.8 Å². The molecule has 2 aliphatic heterocycles. The van der Waals surface area contributed by atoms with Crippen LogP contribution in [0, 0.1) is 0 Å². The lowest BCUT2D eigenvalue weighted by Gasteiger charge is -2.26. The second kappa shape index (κ2) is 11.2. The molecule has 0 aliphatic carbocycles. The Bertz CT molecular complexity index is 1280. The first kappa shape index (κ1) is 27.0. The summed E-state index contributed by atoms with van der Waals surface area (Å²) in [6, 6.07) is 12.7. The number of ether oxygens (including phenoxy) is 1. The number of hydrogen-bond acceptors (Lipinski definition) is 6. The number of methoxy groups -OCH3 is 1. The second-order valence-electron chi connectivity index (χ2n) is 9.80. The van der Waals surface area contributed by atoms with Crippen LogP contribution < -0.4 is 0 Å². The monoisotopic (exact) mass is 526 g/mol. The van der Waals surface area contributed by atoms with Crippen molar-refractivity contribution in [3.05, 3.63) is 70.8 Å². The molecule has 4 rings (SSSR count). The Balaban J connectivity index is 1.73. The highest BCUT2D eigenvalue weighted by Crippen LogP contribution is 2.39. The standard InChI is InChI=1S/C28H34N2O6S/c1-19(2)20-7-9-21(10-8-20)25-24(27(32)28(33)30(25)17-18-36-3)26(31)22-11-13-23(14-12-22)37(34,35)29-15-5-4-6-16-29/h7-14,19,25,31H,4-6,15-18H2,1-3H3. The van der Waals surface area contributed by atoms with E-state index in [1.54, 1.807) is 0 Å². The summed E-state index contributed by atoms with van der Waals surface area (Å²) in [5.74, 6) is -1.51. The van der Waals surface area contributed by atoms with E-state index in [0.29, 0.717) is 24.6 Å². The molecule has 37 heavy (non-hydrogen) atoms. The topological polar surface area (TPSA) is 104 Å². The van der Waals surface area contributed by atoms with Gasteiger partial charge < -0.3 is 14.7 Å². The number of aliphatic hydroxyl groups excluding tert-OH is 1. The minimum absolute atomic E-state index is 0.0231. The molecule has 1 atom stereocenters. The fourth-order valence-electron chi connectivity index (χ4n) is 4.90. The van der Waals surface area contributed by atoms with Crippen molar-refractivity contribution >= 4 is 27.5 Å². The Morgan fingerprint density at radius 2 is 1.62 bits per heavy atom. The molecule has 0 radical (unpaired) electrons. The smallest absolute Gasteiger partial charge is 0.295 e. The highest BCUT2D eigenvalue weighted by atomic mass is 32.2. The SMILES string of the molecule is COCCN1C(=O)C(=O)C(=C(O)c2ccc(S(=O)(=O)N3CCCCC3)cc2)C1c1ccc(C(C)C)cc1. The average molecular weight is 527 g/mol. The highest BCUT2D eigenvalue weighted by Gasteiger charge is 2.45. The number of amides is 1. The van der Waals surface area contributed by atoms with Gasteiger partial charge in [-0.25, -0.2) is 8.42 Å². The third kappa shape index (κ3) is 5.35. The molecule has 2 aromatic rings. The van der Waals surface area contributed by atoms with Gasteiger partial charge >= 0.3 is 0 Å². The lowest BCUT2D eigenvalue weighted by atomic mass is 9.93. The summed E-state index contributed by atoms with van der Waals surface area (Å²) in [5.41, 5.74) is 2.06. The summed E-state index contributed by atoms with van der Waals surface area (Å²) in [6.45, 7) is 5.55. The van der Waals surface area contributed by atoms with Gasteiger partial charge in [0.15, 0.2) is 0 Å². The fourth-order valence-corrected chi connectivity index (χ4v) is 6.42. The number of Topliss-reactive ketones (excluding diaryl/α,β-unsaturated/α-hetero) is 1. The zero-order chi connectivity index (χ0) is 26.7. The van der Waals surface area contributed by atoms with Gasteiger partial charge in [-0.05, 0) is 54.2 Å². The summed E-state index contributed by atoms with van der Waals surface area (Å²) < 4.78 is 32.7. The molecule has 1 amide bonds. The number of nitrogens with zero attached hydrogens (tertiary/aromatic N) is 2. The molecule has 9 heteroatoms. The number of sulfonamides is 1. The Hall–Kier alpha value is -3.01. The molecule has 0 saturated carbocycles. The summed E-state index contributed by atoms with van der Waals surface area (Å²) >= 11 is 0. The molecule has 1 unspecified atom stereocenters. The van der Waals surface area contributed by atoms with Crippen molar-refractivity contribution in [1.29, 1.82) is 0 Å². The van der Waals surface area contributed by atoms with Crippen molar-refractivity contribution in [3.8, 4) is 0 Å². The van der Waals surface area contributed by atoms with Crippen LogP contribution in [0.3, 0.4) is 0 Å². The van der Waals surface area contributed by atoms with Crippen molar-refractivity contribution in [2.75, 3.05) is 33.4 Å². The van der Waals surface area contributed by atoms with Crippen LogP contribution in [0.15, 0.2) is 59.0 Å². The number of hydrogen-bond donors (Lipinski definition) is 1. The predicted molar refractivity (Wildman–Crippen MR) is 140 cm³/mol. The third-order valence-electron chi connectivity index (χ3n) is 7.08. The quantitative estimate of drug-likeness (QED) is 0.316. The molecular formula is C28H34N2O6S. The van der Waals surface area contributed by atoms with Gasteiger partial charge in [0, 0.05) is 32.3 Å². The van der Waals surface area contributed by atoms with Crippen LogP contribution >= 0.6 is 0 Å². The molecule has 2 fully saturated rings. The number of carbonyl (C=O) groups excluding carboxylic acids is 2. The Morgan fingerprint density at radius 1 is 1.00 bits per heavy atom.